The normalized spacial score (nSPS) is 17.6. The van der Waals surface area contributed by atoms with Crippen molar-refractivity contribution in [3.63, 3.8) is 0 Å². The average molecular weight is 497 g/mol. The van der Waals surface area contributed by atoms with Gasteiger partial charge in [-0.05, 0) is 43.7 Å². The summed E-state index contributed by atoms with van der Waals surface area (Å²) in [7, 11) is 4.83. The molecule has 8 heteroatoms. The van der Waals surface area contributed by atoms with E-state index in [0.717, 1.165) is 39.3 Å². The lowest BCUT2D eigenvalue weighted by Crippen LogP contribution is -2.32. The molecule has 0 saturated heterocycles. The summed E-state index contributed by atoms with van der Waals surface area (Å²) < 4.78 is 25.6. The van der Waals surface area contributed by atoms with Gasteiger partial charge in [-0.3, -0.25) is 0 Å². The molecule has 2 aliphatic heterocycles. The number of benzene rings is 3. The molecule has 0 saturated carbocycles. The van der Waals surface area contributed by atoms with Crippen LogP contribution in [0.2, 0.25) is 0 Å². The van der Waals surface area contributed by atoms with Gasteiger partial charge < -0.3 is 24.3 Å². The zero-order valence-corrected chi connectivity index (χ0v) is 21.4. The molecule has 0 radical (unpaired) electrons. The number of ether oxygens (including phenoxy) is 4. The van der Waals surface area contributed by atoms with Crippen molar-refractivity contribution in [2.75, 3.05) is 26.6 Å². The summed E-state index contributed by atoms with van der Waals surface area (Å²) in [4.78, 5) is 4.52. The van der Waals surface area contributed by atoms with Crippen LogP contribution in [0.3, 0.4) is 0 Å². The second-order valence-electron chi connectivity index (χ2n) is 9.25. The average Bonchev–Trinajstić information content (AvgIpc) is 3.39. The van der Waals surface area contributed by atoms with Gasteiger partial charge in [0.2, 0.25) is 11.7 Å². The highest BCUT2D eigenvalue weighted by atomic mass is 16.5. The number of nitrogens with zero attached hydrogens (tertiary/aromatic N) is 3. The minimum absolute atomic E-state index is 0.243. The highest BCUT2D eigenvalue weighted by Gasteiger charge is 2.41. The summed E-state index contributed by atoms with van der Waals surface area (Å²) in [5, 5.41) is 8.16. The molecular weight excluding hydrogens is 468 g/mol. The van der Waals surface area contributed by atoms with E-state index in [4.69, 9.17) is 18.9 Å². The molecule has 3 heterocycles. The first kappa shape index (κ1) is 23.0. The van der Waals surface area contributed by atoms with E-state index in [0.29, 0.717) is 23.2 Å². The van der Waals surface area contributed by atoms with Gasteiger partial charge in [0.25, 0.3) is 0 Å². The summed E-state index contributed by atoms with van der Waals surface area (Å²) in [5.74, 6) is 3.13. The van der Waals surface area contributed by atoms with Crippen molar-refractivity contribution in [1.82, 2.24) is 14.8 Å². The topological polar surface area (TPSA) is 79.7 Å². The van der Waals surface area contributed by atoms with E-state index >= 15 is 0 Å². The Labute approximate surface area is 215 Å². The molecule has 0 spiro atoms. The van der Waals surface area contributed by atoms with Crippen molar-refractivity contribution in [1.29, 1.82) is 0 Å². The fourth-order valence-corrected chi connectivity index (χ4v) is 5.18. The SMILES string of the molecule is COc1cc([C@@H]2Oc3ccc(C)cc3C3=C2[C@H](c2ccc(C)cc2)n2ncnc2N3)cc(OC)c1OC. The first-order valence-electron chi connectivity index (χ1n) is 12.1. The predicted octanol–water partition coefficient (Wildman–Crippen LogP) is 5.48. The Morgan fingerprint density at radius 3 is 2.22 bits per heavy atom. The Morgan fingerprint density at radius 1 is 0.838 bits per heavy atom. The van der Waals surface area contributed by atoms with Crippen LogP contribution in [-0.2, 0) is 0 Å². The van der Waals surface area contributed by atoms with Gasteiger partial charge in [-0.15, -0.1) is 0 Å². The lowest BCUT2D eigenvalue weighted by Gasteiger charge is -2.39. The summed E-state index contributed by atoms with van der Waals surface area (Å²) in [6.07, 6.45) is 1.11. The number of aromatic nitrogens is 3. The molecule has 8 nitrogen and oxygen atoms in total. The van der Waals surface area contributed by atoms with Crippen LogP contribution in [-0.4, -0.2) is 36.1 Å². The third kappa shape index (κ3) is 3.67. The van der Waals surface area contributed by atoms with Gasteiger partial charge in [0.1, 0.15) is 24.2 Å². The molecule has 0 fully saturated rings. The molecule has 4 aromatic rings. The molecule has 2 aliphatic rings. The molecular formula is C29H28N4O4. The first-order valence-corrected chi connectivity index (χ1v) is 12.1. The molecule has 1 aromatic heterocycles. The lowest BCUT2D eigenvalue weighted by atomic mass is 9.84. The molecule has 6 rings (SSSR count). The summed E-state index contributed by atoms with van der Waals surface area (Å²) in [6.45, 7) is 4.16. The van der Waals surface area contributed by atoms with Crippen LogP contribution in [0.25, 0.3) is 5.70 Å². The van der Waals surface area contributed by atoms with Crippen LogP contribution in [0, 0.1) is 13.8 Å². The fraction of sp³-hybridized carbons (Fsp3) is 0.241. The smallest absolute Gasteiger partial charge is 0.226 e. The fourth-order valence-electron chi connectivity index (χ4n) is 5.18. The monoisotopic (exact) mass is 496 g/mol. The van der Waals surface area contributed by atoms with Gasteiger partial charge in [0.05, 0.1) is 27.0 Å². The van der Waals surface area contributed by atoms with Crippen molar-refractivity contribution in [2.45, 2.75) is 26.0 Å². The molecule has 3 aromatic carbocycles. The van der Waals surface area contributed by atoms with E-state index in [9.17, 15) is 0 Å². The number of methoxy groups -OCH3 is 3. The Morgan fingerprint density at radius 2 is 1.54 bits per heavy atom. The number of hydrogen-bond acceptors (Lipinski definition) is 7. The number of hydrogen-bond donors (Lipinski definition) is 1. The maximum atomic E-state index is 6.77. The highest BCUT2D eigenvalue weighted by molar-refractivity contribution is 5.85. The molecule has 0 bridgehead atoms. The van der Waals surface area contributed by atoms with E-state index < -0.39 is 6.10 Å². The number of fused-ring (bicyclic) bond motifs is 3. The van der Waals surface area contributed by atoms with Crippen molar-refractivity contribution >= 4 is 11.6 Å². The molecule has 188 valence electrons. The van der Waals surface area contributed by atoms with Gasteiger partial charge in [0, 0.05) is 16.7 Å². The maximum absolute atomic E-state index is 6.77. The summed E-state index contributed by atoms with van der Waals surface area (Å²) in [6, 6.07) is 18.4. The molecule has 2 atom stereocenters. The van der Waals surface area contributed by atoms with Crippen LogP contribution in [0.1, 0.15) is 40.0 Å². The molecule has 0 unspecified atom stereocenters. The van der Waals surface area contributed by atoms with Gasteiger partial charge in [-0.2, -0.15) is 10.1 Å². The first-order chi connectivity index (χ1) is 18.0. The van der Waals surface area contributed by atoms with Crippen LogP contribution in [0.15, 0.2) is 66.5 Å². The van der Waals surface area contributed by atoms with Crippen molar-refractivity contribution < 1.29 is 18.9 Å². The molecule has 37 heavy (non-hydrogen) atoms. The van der Waals surface area contributed by atoms with Gasteiger partial charge >= 0.3 is 0 Å². The summed E-state index contributed by atoms with van der Waals surface area (Å²) >= 11 is 0. The quantitative estimate of drug-likeness (QED) is 0.392. The van der Waals surface area contributed by atoms with E-state index in [1.165, 1.54) is 5.56 Å². The standard InChI is InChI=1S/C29H28N4O4/c1-16-6-9-18(10-7-16)26-24-25(32-29-30-15-31-33(26)29)20-12-17(2)8-11-21(20)37-27(24)19-13-22(34-3)28(36-5)23(14-19)35-4/h6-15,26-27H,1-5H3,(H,30,31,32)/t26-,27-/m0/s1. The zero-order valence-electron chi connectivity index (χ0n) is 21.4. The van der Waals surface area contributed by atoms with Crippen LogP contribution in [0.4, 0.5) is 5.95 Å². The Bertz CT molecular complexity index is 1500. The predicted molar refractivity (Wildman–Crippen MR) is 141 cm³/mol. The number of rotatable bonds is 5. The van der Waals surface area contributed by atoms with E-state index in [1.807, 2.05) is 22.9 Å². The van der Waals surface area contributed by atoms with Crippen LogP contribution >= 0.6 is 0 Å². The third-order valence-corrected chi connectivity index (χ3v) is 6.95. The Kier molecular flexibility index (Phi) is 5.52. The zero-order chi connectivity index (χ0) is 25.7. The number of nitrogens with one attached hydrogen (secondary N) is 1. The van der Waals surface area contributed by atoms with E-state index in [-0.39, 0.29) is 6.04 Å². The highest BCUT2D eigenvalue weighted by Crippen LogP contribution is 2.52. The number of aryl methyl sites for hydroxylation is 2. The van der Waals surface area contributed by atoms with Crippen molar-refractivity contribution in [3.8, 4) is 23.0 Å². The number of anilines is 1. The van der Waals surface area contributed by atoms with E-state index in [1.54, 1.807) is 27.7 Å². The van der Waals surface area contributed by atoms with Crippen molar-refractivity contribution in [3.05, 3.63) is 94.3 Å². The second kappa shape index (κ2) is 8.89. The second-order valence-corrected chi connectivity index (χ2v) is 9.25. The van der Waals surface area contributed by atoms with Gasteiger partial charge in [-0.1, -0.05) is 41.5 Å². The summed E-state index contributed by atoms with van der Waals surface area (Å²) in [5.41, 5.74) is 7.27. The molecule has 0 amide bonds. The maximum Gasteiger partial charge on any atom is 0.226 e. The largest absolute Gasteiger partial charge is 0.493 e. The van der Waals surface area contributed by atoms with Crippen LogP contribution < -0.4 is 24.3 Å². The van der Waals surface area contributed by atoms with Gasteiger partial charge in [-0.25, -0.2) is 4.68 Å². The van der Waals surface area contributed by atoms with E-state index in [2.05, 4.69) is 65.6 Å². The minimum Gasteiger partial charge on any atom is -0.493 e. The van der Waals surface area contributed by atoms with Crippen molar-refractivity contribution in [2.24, 2.45) is 0 Å². The minimum atomic E-state index is -0.463. The Hall–Kier alpha value is -4.46. The Balaban J connectivity index is 1.63. The lowest BCUT2D eigenvalue weighted by molar-refractivity contribution is 0.221. The molecule has 0 aliphatic carbocycles. The third-order valence-electron chi connectivity index (χ3n) is 6.95. The van der Waals surface area contributed by atoms with Crippen LogP contribution in [0.5, 0.6) is 23.0 Å². The molecule has 1 N–H and O–H groups in total. The van der Waals surface area contributed by atoms with Gasteiger partial charge in [0.15, 0.2) is 11.5 Å².